The monoisotopic (exact) mass is 1360 g/mol. The van der Waals surface area contributed by atoms with E-state index < -0.39 is 0 Å². The van der Waals surface area contributed by atoms with E-state index in [0.29, 0.717) is 23.8 Å². The Morgan fingerprint density at radius 3 is 1.13 bits per heavy atom. The number of hydrogen-bond acceptors (Lipinski definition) is 12. The highest BCUT2D eigenvalue weighted by molar-refractivity contribution is 7.15. The largest absolute Gasteiger partial charge is 0.432 e. The Bertz CT molecular complexity index is 5000. The Morgan fingerprint density at radius 2 is 0.737 bits per heavy atom. The van der Waals surface area contributed by atoms with Gasteiger partial charge in [0, 0.05) is 69.1 Å². The third kappa shape index (κ3) is 8.10. The van der Waals surface area contributed by atoms with Gasteiger partial charge in [-0.2, -0.15) is 9.97 Å². The second-order valence-corrected chi connectivity index (χ2v) is 34.5. The summed E-state index contributed by atoms with van der Waals surface area (Å²) >= 11 is 3.50. The first kappa shape index (κ1) is 64.3. The smallest absolute Gasteiger partial charge is 0.306 e. The first-order valence-corrected chi connectivity index (χ1v) is 38.3. The summed E-state index contributed by atoms with van der Waals surface area (Å²) in [5.74, 6) is 1.40. The van der Waals surface area contributed by atoms with Crippen molar-refractivity contribution in [1.82, 2.24) is 37.5 Å². The fraction of sp³-hybridized carbons (Fsp3) is 0.470. The lowest BCUT2D eigenvalue weighted by Gasteiger charge is -2.62. The number of thiazole rings is 2. The third-order valence-electron chi connectivity index (χ3n) is 27.7. The Morgan fingerprint density at radius 1 is 0.384 bits per heavy atom. The van der Waals surface area contributed by atoms with Crippen LogP contribution in [0.2, 0.25) is 0 Å². The lowest BCUT2D eigenvalue weighted by atomic mass is 9.52. The number of rotatable bonds is 2. The van der Waals surface area contributed by atoms with E-state index in [0.717, 1.165) is 21.3 Å². The molecule has 514 valence electrons. The van der Waals surface area contributed by atoms with Crippen molar-refractivity contribution in [2.45, 2.75) is 240 Å². The quantitative estimate of drug-likeness (QED) is 0.166. The molecule has 2 spiro atoms. The van der Waals surface area contributed by atoms with Crippen LogP contribution in [0.25, 0.3) is 21.6 Å². The summed E-state index contributed by atoms with van der Waals surface area (Å²) in [6.45, 7) is 42.2. The Labute approximate surface area is 591 Å². The van der Waals surface area contributed by atoms with Gasteiger partial charge in [-0.1, -0.05) is 160 Å². The first-order chi connectivity index (χ1) is 47.2. The van der Waals surface area contributed by atoms with Crippen LogP contribution in [0.5, 0.6) is 0 Å². The van der Waals surface area contributed by atoms with E-state index in [2.05, 4.69) is 270 Å². The molecule has 2 fully saturated rings. The zero-order chi connectivity index (χ0) is 69.2. The van der Waals surface area contributed by atoms with Crippen molar-refractivity contribution in [3.8, 4) is 0 Å². The lowest BCUT2D eigenvalue weighted by molar-refractivity contribution is 0.0619. The molecule has 2 saturated carbocycles. The van der Waals surface area contributed by atoms with Crippen LogP contribution < -0.4 is 19.6 Å². The van der Waals surface area contributed by atoms with E-state index >= 15 is 0 Å². The first-order valence-electron chi connectivity index (χ1n) is 36.5. The van der Waals surface area contributed by atoms with Gasteiger partial charge >= 0.3 is 11.7 Å². The third-order valence-corrected chi connectivity index (χ3v) is 29.2. The van der Waals surface area contributed by atoms with E-state index in [4.69, 9.17) is 28.8 Å². The van der Waals surface area contributed by atoms with Crippen molar-refractivity contribution >= 4 is 67.0 Å². The van der Waals surface area contributed by atoms with Gasteiger partial charge in [-0.15, -0.1) is 22.7 Å². The molecule has 99 heavy (non-hydrogen) atoms. The number of aromatic nitrogens is 8. The highest BCUT2D eigenvalue weighted by atomic mass is 32.1. The standard InChI is InChI=1S/2C22H27N3O.C20H23N3S.C19H21N3S/c2*1-13-9-8-10-15-17(13)25-14(2)16-18(24-11-12-26-19(24)23-16)22(25,7)21(5,6)20(15,3)4;1-14-8-4-5-9-16(14)23-15(2)17-18(20(23)10-6-3-7-11-20)22-12-13-24-19(22)21-17;1-13-7-3-4-8-15(13)22-14(2)16-17(19(22)9-5-6-10-19)21-11-12-23-18(21)20-16/h2*8-12,14H,1-7H3;4-5,8-9,12-13,15H,3,6-7,10-11H2,1-2H3;3-4,7-8,11-12,14H,5-6,9-10H2,1-2H3. The van der Waals surface area contributed by atoms with Crippen molar-refractivity contribution in [3.05, 3.63) is 212 Å². The van der Waals surface area contributed by atoms with Crippen LogP contribution in [0.3, 0.4) is 0 Å². The van der Waals surface area contributed by atoms with Gasteiger partial charge in [-0.3, -0.25) is 17.6 Å². The SMILES string of the molecule is Cc1cccc2c1N1C(C)c3nc4occn4c3C1(C)C(C)(C)C2(C)C.Cc1cccc2c1N1C(C)c3nc4occn4c3C1(C)C(C)(C)C2(C)C.Cc1ccccc1N1C(C)c2nc3sccn3c2C12CCCC2.Cc1ccccc1N1C(C)c2nc3sccn3c2C12CCCCC2. The van der Waals surface area contributed by atoms with Crippen molar-refractivity contribution in [2.24, 2.45) is 10.8 Å². The summed E-state index contributed by atoms with van der Waals surface area (Å²) in [7, 11) is 0. The zero-order valence-electron chi connectivity index (χ0n) is 61.4. The predicted molar refractivity (Wildman–Crippen MR) is 403 cm³/mol. The average Bonchev–Trinajstić information content (AvgIpc) is 1.66. The number of oxazole rings is 2. The summed E-state index contributed by atoms with van der Waals surface area (Å²) < 4.78 is 20.3. The molecular weight excluding hydrogens is 1260 g/mol. The molecular formula is C83H98N12O2S2. The van der Waals surface area contributed by atoms with Crippen LogP contribution in [-0.4, -0.2) is 37.5 Å². The van der Waals surface area contributed by atoms with Gasteiger partial charge in [-0.05, 0) is 151 Å². The van der Waals surface area contributed by atoms with Crippen LogP contribution in [0.1, 0.15) is 258 Å². The van der Waals surface area contributed by atoms with Crippen LogP contribution in [0, 0.1) is 38.5 Å². The van der Waals surface area contributed by atoms with Crippen LogP contribution in [-0.2, 0) is 33.0 Å². The minimum absolute atomic E-state index is 0.00875. The number of aryl methyl sites for hydroxylation is 4. The van der Waals surface area contributed by atoms with Gasteiger partial charge in [0.1, 0.15) is 12.5 Å². The zero-order valence-corrected chi connectivity index (χ0v) is 63.0. The topological polar surface area (TPSA) is 108 Å². The number of imidazole rings is 4. The second kappa shape index (κ2) is 21.7. The summed E-state index contributed by atoms with van der Waals surface area (Å²) in [6.07, 6.45) is 23.5. The molecule has 0 radical (unpaired) electrons. The molecule has 2 aliphatic carbocycles. The Hall–Kier alpha value is -8.08. The number of anilines is 4. The molecule has 4 aromatic carbocycles. The summed E-state index contributed by atoms with van der Waals surface area (Å²) in [6, 6.07) is 32.3. The van der Waals surface area contributed by atoms with E-state index in [1.165, 1.54) is 148 Å². The van der Waals surface area contributed by atoms with Gasteiger partial charge in [0.25, 0.3) is 0 Å². The molecule has 6 aliphatic heterocycles. The van der Waals surface area contributed by atoms with Crippen molar-refractivity contribution < 1.29 is 8.83 Å². The van der Waals surface area contributed by atoms with Crippen LogP contribution in [0.15, 0.2) is 142 Å². The maximum Gasteiger partial charge on any atom is 0.306 e. The molecule has 8 aliphatic rings. The van der Waals surface area contributed by atoms with Crippen molar-refractivity contribution in [3.63, 3.8) is 0 Å². The average molecular weight is 1360 g/mol. The van der Waals surface area contributed by atoms with Gasteiger partial charge in [0.15, 0.2) is 9.92 Å². The van der Waals surface area contributed by atoms with Crippen LogP contribution in [0.4, 0.5) is 22.7 Å². The number of hydrogen-bond donors (Lipinski definition) is 0. The maximum absolute atomic E-state index is 5.63. The van der Waals surface area contributed by atoms with Gasteiger partial charge in [0.05, 0.1) is 91.9 Å². The van der Waals surface area contributed by atoms with Gasteiger partial charge in [0.2, 0.25) is 0 Å². The van der Waals surface area contributed by atoms with Gasteiger partial charge in [-0.25, -0.2) is 9.97 Å². The van der Waals surface area contributed by atoms with E-state index in [-0.39, 0.29) is 55.9 Å². The Balaban J connectivity index is 0.0000000991. The van der Waals surface area contributed by atoms with E-state index in [1.54, 1.807) is 35.2 Å². The maximum atomic E-state index is 5.63. The van der Waals surface area contributed by atoms with E-state index in [9.17, 15) is 0 Å². The highest BCUT2D eigenvalue weighted by Crippen LogP contribution is 2.70. The number of nitrogens with zero attached hydrogens (tertiary/aromatic N) is 12. The second-order valence-electron chi connectivity index (χ2n) is 32.8. The molecule has 14 nitrogen and oxygen atoms in total. The molecule has 0 bridgehead atoms. The van der Waals surface area contributed by atoms with E-state index in [1.807, 2.05) is 12.4 Å². The molecule has 6 unspecified atom stereocenters. The molecule has 12 aromatic rings. The van der Waals surface area contributed by atoms with Gasteiger partial charge < -0.3 is 28.4 Å². The molecule has 16 heteroatoms. The molecule has 8 aromatic heterocycles. The number of para-hydroxylation sites is 4. The van der Waals surface area contributed by atoms with Crippen LogP contribution >= 0.6 is 22.7 Å². The minimum atomic E-state index is -0.187. The molecule has 20 rings (SSSR count). The lowest BCUT2D eigenvalue weighted by Crippen LogP contribution is -2.62. The Kier molecular flexibility index (Phi) is 14.1. The molecule has 14 heterocycles. The summed E-state index contributed by atoms with van der Waals surface area (Å²) in [5.41, 5.74) is 24.0. The molecule has 0 saturated heterocycles. The summed E-state index contributed by atoms with van der Waals surface area (Å²) in [5, 5.41) is 4.33. The number of fused-ring (bicyclic) bond motifs is 22. The fourth-order valence-corrected chi connectivity index (χ4v) is 22.7. The minimum Gasteiger partial charge on any atom is -0.432 e. The number of benzene rings is 4. The van der Waals surface area contributed by atoms with Crippen molar-refractivity contribution in [1.29, 1.82) is 0 Å². The predicted octanol–water partition coefficient (Wildman–Crippen LogP) is 21.2. The summed E-state index contributed by atoms with van der Waals surface area (Å²) in [4.78, 5) is 32.7. The highest BCUT2D eigenvalue weighted by Gasteiger charge is 2.68. The molecule has 6 atom stereocenters. The fourth-order valence-electron chi connectivity index (χ4n) is 21.2. The van der Waals surface area contributed by atoms with Crippen molar-refractivity contribution in [2.75, 3.05) is 19.6 Å². The molecule has 0 N–H and O–H groups in total. The normalized spacial score (nSPS) is 25.4. The molecule has 0 amide bonds.